The van der Waals surface area contributed by atoms with Crippen LogP contribution in [0, 0.1) is 0 Å². The van der Waals surface area contributed by atoms with E-state index in [9.17, 15) is 9.90 Å². The molecule has 0 fully saturated rings. The van der Waals surface area contributed by atoms with Crippen molar-refractivity contribution in [2.45, 2.75) is 19.3 Å². The Morgan fingerprint density at radius 2 is 1.72 bits per heavy atom. The first-order valence-electron chi connectivity index (χ1n) is 10.5. The third-order valence-corrected chi connectivity index (χ3v) is 5.21. The van der Waals surface area contributed by atoms with Crippen LogP contribution in [0.1, 0.15) is 17.3 Å². The van der Waals surface area contributed by atoms with Crippen LogP contribution in [0.25, 0.3) is 21.8 Å². The average molecular weight is 434 g/mol. The van der Waals surface area contributed by atoms with Crippen LogP contribution in [0.15, 0.2) is 66.7 Å². The number of para-hydroxylation sites is 4. The number of esters is 1. The number of aliphatic hydroxyl groups excluding tert-OH is 1. The normalized spacial score (nSPS) is 13.1. The Kier molecular flexibility index (Phi) is 6.58. The Morgan fingerprint density at radius 3 is 2.50 bits per heavy atom. The van der Waals surface area contributed by atoms with Crippen molar-refractivity contribution in [3.8, 4) is 11.5 Å². The van der Waals surface area contributed by atoms with E-state index in [-0.39, 0.29) is 0 Å². The van der Waals surface area contributed by atoms with E-state index in [2.05, 4.69) is 10.3 Å². The van der Waals surface area contributed by atoms with E-state index in [1.54, 1.807) is 20.1 Å². The maximum Gasteiger partial charge on any atom is 0.341 e. The summed E-state index contributed by atoms with van der Waals surface area (Å²) in [6.07, 6.45) is -1.80. The van der Waals surface area contributed by atoms with E-state index in [0.29, 0.717) is 35.7 Å². The standard InChI is InChI=1S/C25H26N2O5/c1-16(28)24(26-14-15-31-22-13-6-5-12-21(22)30-2)32-25(29)19-10-7-9-18-17-8-3-4-11-20(17)27-23(18)19/h3-13,16,24,26-28H,14-15H2,1-2H3. The molecule has 0 aliphatic carbocycles. The molecule has 0 amide bonds. The molecule has 166 valence electrons. The van der Waals surface area contributed by atoms with Gasteiger partial charge in [0.2, 0.25) is 0 Å². The van der Waals surface area contributed by atoms with E-state index in [4.69, 9.17) is 14.2 Å². The van der Waals surface area contributed by atoms with Crippen LogP contribution in [-0.4, -0.2) is 48.7 Å². The Morgan fingerprint density at radius 1 is 1.00 bits per heavy atom. The molecule has 7 heteroatoms. The fourth-order valence-electron chi connectivity index (χ4n) is 3.63. The van der Waals surface area contributed by atoms with E-state index >= 15 is 0 Å². The summed E-state index contributed by atoms with van der Waals surface area (Å²) in [4.78, 5) is 16.2. The first-order valence-corrected chi connectivity index (χ1v) is 10.5. The number of methoxy groups -OCH3 is 1. The maximum atomic E-state index is 12.9. The molecule has 0 aliphatic rings. The topological polar surface area (TPSA) is 92.8 Å². The van der Waals surface area contributed by atoms with Gasteiger partial charge in [-0.15, -0.1) is 0 Å². The van der Waals surface area contributed by atoms with Crippen LogP contribution >= 0.6 is 0 Å². The Labute approximate surface area is 185 Å². The summed E-state index contributed by atoms with van der Waals surface area (Å²) in [5.41, 5.74) is 2.07. The number of carbonyl (C=O) groups excluding carboxylic acids is 1. The molecule has 0 radical (unpaired) electrons. The summed E-state index contributed by atoms with van der Waals surface area (Å²) in [6.45, 7) is 2.23. The fraction of sp³-hybridized carbons (Fsp3) is 0.240. The summed E-state index contributed by atoms with van der Waals surface area (Å²) in [6, 6.07) is 20.7. The first-order chi connectivity index (χ1) is 15.6. The minimum absolute atomic E-state index is 0.304. The number of carbonyl (C=O) groups is 1. The smallest absolute Gasteiger partial charge is 0.341 e. The van der Waals surface area contributed by atoms with E-state index in [1.165, 1.54) is 0 Å². The molecule has 0 aliphatic heterocycles. The SMILES string of the molecule is COc1ccccc1OCCNC(OC(=O)c1cccc2c1[nH]c1ccccc12)C(C)O. The molecule has 7 nitrogen and oxygen atoms in total. The van der Waals surface area contributed by atoms with Gasteiger partial charge in [-0.1, -0.05) is 42.5 Å². The number of aromatic amines is 1. The Hall–Kier alpha value is -3.55. The third kappa shape index (κ3) is 4.54. The molecule has 0 saturated carbocycles. The summed E-state index contributed by atoms with van der Waals surface area (Å²) in [5, 5.41) is 15.1. The predicted molar refractivity (Wildman–Crippen MR) is 123 cm³/mol. The van der Waals surface area contributed by atoms with Gasteiger partial charge >= 0.3 is 5.97 Å². The number of ether oxygens (including phenoxy) is 3. The number of nitrogens with one attached hydrogen (secondary N) is 2. The molecule has 0 spiro atoms. The zero-order valence-corrected chi connectivity index (χ0v) is 18.0. The van der Waals surface area contributed by atoms with E-state index in [0.717, 1.165) is 16.3 Å². The second kappa shape index (κ2) is 9.72. The number of hydrogen-bond acceptors (Lipinski definition) is 6. The number of fused-ring (bicyclic) bond motifs is 3. The van der Waals surface area contributed by atoms with Crippen molar-refractivity contribution in [1.29, 1.82) is 0 Å². The van der Waals surface area contributed by atoms with Crippen molar-refractivity contribution in [1.82, 2.24) is 10.3 Å². The number of benzene rings is 3. The highest BCUT2D eigenvalue weighted by atomic mass is 16.6. The molecule has 2 atom stereocenters. The molecule has 3 aromatic carbocycles. The zero-order chi connectivity index (χ0) is 22.5. The molecule has 4 rings (SSSR count). The van der Waals surface area contributed by atoms with Gasteiger partial charge in [-0.2, -0.15) is 0 Å². The minimum atomic E-state index is -0.910. The lowest BCUT2D eigenvalue weighted by molar-refractivity contribution is -0.0270. The number of aromatic nitrogens is 1. The summed E-state index contributed by atoms with van der Waals surface area (Å²) in [7, 11) is 1.58. The third-order valence-electron chi connectivity index (χ3n) is 5.21. The largest absolute Gasteiger partial charge is 0.493 e. The van der Waals surface area contributed by atoms with E-state index in [1.807, 2.05) is 60.7 Å². The highest BCUT2D eigenvalue weighted by molar-refractivity contribution is 6.13. The second-order valence-electron chi connectivity index (χ2n) is 7.42. The summed E-state index contributed by atoms with van der Waals surface area (Å²) >= 11 is 0. The van der Waals surface area contributed by atoms with Crippen molar-refractivity contribution in [2.24, 2.45) is 0 Å². The molecule has 1 heterocycles. The second-order valence-corrected chi connectivity index (χ2v) is 7.42. The molecule has 0 bridgehead atoms. The van der Waals surface area contributed by atoms with Gasteiger partial charge in [0.15, 0.2) is 17.7 Å². The first kappa shape index (κ1) is 21.7. The average Bonchev–Trinajstić information content (AvgIpc) is 3.19. The van der Waals surface area contributed by atoms with Gasteiger partial charge < -0.3 is 24.3 Å². The molecule has 32 heavy (non-hydrogen) atoms. The summed E-state index contributed by atoms with van der Waals surface area (Å²) in [5.74, 6) is 0.733. The lowest BCUT2D eigenvalue weighted by Gasteiger charge is -2.22. The highest BCUT2D eigenvalue weighted by Crippen LogP contribution is 2.28. The van der Waals surface area contributed by atoms with Crippen LogP contribution in [0.2, 0.25) is 0 Å². The molecule has 1 aromatic heterocycles. The van der Waals surface area contributed by atoms with Crippen molar-refractivity contribution in [3.05, 3.63) is 72.3 Å². The number of hydrogen-bond donors (Lipinski definition) is 3. The fourth-order valence-corrected chi connectivity index (χ4v) is 3.63. The molecule has 2 unspecified atom stereocenters. The van der Waals surface area contributed by atoms with Crippen molar-refractivity contribution < 1.29 is 24.1 Å². The van der Waals surface area contributed by atoms with Gasteiger partial charge in [-0.3, -0.25) is 5.32 Å². The van der Waals surface area contributed by atoms with Gasteiger partial charge in [-0.25, -0.2) is 4.79 Å². The monoisotopic (exact) mass is 434 g/mol. The Balaban J connectivity index is 1.42. The van der Waals surface area contributed by atoms with Crippen LogP contribution in [0.5, 0.6) is 11.5 Å². The summed E-state index contributed by atoms with van der Waals surface area (Å²) < 4.78 is 16.6. The number of rotatable bonds is 9. The lowest BCUT2D eigenvalue weighted by Crippen LogP contribution is -2.43. The minimum Gasteiger partial charge on any atom is -0.493 e. The van der Waals surface area contributed by atoms with Crippen LogP contribution in [0.3, 0.4) is 0 Å². The van der Waals surface area contributed by atoms with Crippen molar-refractivity contribution in [2.75, 3.05) is 20.3 Å². The number of aliphatic hydroxyl groups is 1. The molecular formula is C25H26N2O5. The highest BCUT2D eigenvalue weighted by Gasteiger charge is 2.22. The van der Waals surface area contributed by atoms with Crippen LogP contribution < -0.4 is 14.8 Å². The van der Waals surface area contributed by atoms with Gasteiger partial charge in [0.25, 0.3) is 0 Å². The van der Waals surface area contributed by atoms with Gasteiger partial charge in [0.1, 0.15) is 12.7 Å². The van der Waals surface area contributed by atoms with Crippen LogP contribution in [0.4, 0.5) is 0 Å². The van der Waals surface area contributed by atoms with Gasteiger partial charge in [0, 0.05) is 22.8 Å². The molecule has 4 aromatic rings. The lowest BCUT2D eigenvalue weighted by atomic mass is 10.1. The van der Waals surface area contributed by atoms with Crippen molar-refractivity contribution >= 4 is 27.8 Å². The Bertz CT molecular complexity index is 1220. The zero-order valence-electron chi connectivity index (χ0n) is 18.0. The van der Waals surface area contributed by atoms with Gasteiger partial charge in [-0.05, 0) is 31.2 Å². The number of H-pyrrole nitrogens is 1. The molecule has 3 N–H and O–H groups in total. The van der Waals surface area contributed by atoms with Gasteiger partial charge in [0.05, 0.1) is 18.2 Å². The van der Waals surface area contributed by atoms with Crippen molar-refractivity contribution in [3.63, 3.8) is 0 Å². The predicted octanol–water partition coefficient (Wildman–Crippen LogP) is 3.86. The molecule has 0 saturated heterocycles. The quantitative estimate of drug-likeness (QED) is 0.210. The van der Waals surface area contributed by atoms with Crippen LogP contribution in [-0.2, 0) is 4.74 Å². The molecular weight excluding hydrogens is 408 g/mol. The van der Waals surface area contributed by atoms with E-state index < -0.39 is 18.3 Å². The maximum absolute atomic E-state index is 12.9.